The van der Waals surface area contributed by atoms with E-state index in [1.165, 1.54) is 4.90 Å². The van der Waals surface area contributed by atoms with E-state index in [0.717, 1.165) is 29.5 Å². The largest absolute Gasteiger partial charge is 0.392 e. The zero-order chi connectivity index (χ0) is 25.8. The molecule has 1 saturated heterocycles. The Kier molecular flexibility index (Phi) is 7.64. The van der Waals surface area contributed by atoms with E-state index in [-0.39, 0.29) is 31.0 Å². The molecular weight excluding hydrogens is 494 g/mol. The van der Waals surface area contributed by atoms with Gasteiger partial charge in [0.05, 0.1) is 23.5 Å². The molecule has 2 aromatic carbocycles. The molecule has 10 heteroatoms. The number of fused-ring (bicyclic) bond motifs is 1. The third kappa shape index (κ3) is 5.90. The quantitative estimate of drug-likeness (QED) is 0.417. The topological polar surface area (TPSA) is 117 Å². The zero-order valence-electron chi connectivity index (χ0n) is 20.2. The number of aliphatic hydroxyl groups is 1. The Bertz CT molecular complexity index is 1290. The summed E-state index contributed by atoms with van der Waals surface area (Å²) in [6.45, 7) is 2.06. The summed E-state index contributed by atoms with van der Waals surface area (Å²) in [4.78, 5) is 36.1. The van der Waals surface area contributed by atoms with Crippen LogP contribution in [0.3, 0.4) is 0 Å². The van der Waals surface area contributed by atoms with Crippen LogP contribution in [-0.4, -0.2) is 57.6 Å². The van der Waals surface area contributed by atoms with Crippen LogP contribution < -0.4 is 10.6 Å². The Morgan fingerprint density at radius 3 is 2.65 bits per heavy atom. The van der Waals surface area contributed by atoms with Gasteiger partial charge in [0.2, 0.25) is 11.9 Å². The molecule has 1 fully saturated rings. The van der Waals surface area contributed by atoms with Gasteiger partial charge in [-0.25, -0.2) is 9.97 Å². The number of rotatable bonds is 8. The van der Waals surface area contributed by atoms with Gasteiger partial charge >= 0.3 is 0 Å². The van der Waals surface area contributed by atoms with Crippen LogP contribution in [0.1, 0.15) is 39.9 Å². The minimum Gasteiger partial charge on any atom is -0.392 e. The number of hydrogen-bond acceptors (Lipinski definition) is 7. The fourth-order valence-electron chi connectivity index (χ4n) is 4.49. The number of amides is 2. The summed E-state index contributed by atoms with van der Waals surface area (Å²) in [5, 5.41) is 15.7. The summed E-state index contributed by atoms with van der Waals surface area (Å²) in [5.74, 6) is 0.0442. The minimum absolute atomic E-state index is 0.0240. The van der Waals surface area contributed by atoms with E-state index in [1.54, 1.807) is 12.3 Å². The highest BCUT2D eigenvalue weighted by molar-refractivity contribution is 6.33. The van der Waals surface area contributed by atoms with Gasteiger partial charge in [-0.1, -0.05) is 48.0 Å². The molecule has 0 spiro atoms. The van der Waals surface area contributed by atoms with Crippen molar-refractivity contribution in [3.05, 3.63) is 75.9 Å². The van der Waals surface area contributed by atoms with E-state index in [9.17, 15) is 9.59 Å². The van der Waals surface area contributed by atoms with Gasteiger partial charge in [0, 0.05) is 43.5 Å². The molecule has 2 aliphatic rings. The average Bonchev–Trinajstić information content (AvgIpc) is 3.23. The van der Waals surface area contributed by atoms with Crippen LogP contribution in [0.15, 0.2) is 48.7 Å². The summed E-state index contributed by atoms with van der Waals surface area (Å²) in [5.41, 5.74) is 4.38. The molecule has 0 unspecified atom stereocenters. The molecular formula is C27H28ClN5O4. The van der Waals surface area contributed by atoms with E-state index >= 15 is 0 Å². The molecule has 0 bridgehead atoms. The van der Waals surface area contributed by atoms with E-state index in [4.69, 9.17) is 21.4 Å². The highest BCUT2D eigenvalue weighted by Gasteiger charge is 2.29. The predicted molar refractivity (Wildman–Crippen MR) is 139 cm³/mol. The number of anilines is 1. The van der Waals surface area contributed by atoms with Gasteiger partial charge in [-0.3, -0.25) is 9.59 Å². The maximum absolute atomic E-state index is 13.1. The second kappa shape index (κ2) is 11.2. The number of carbonyl (C=O) groups excluding carboxylic acids is 2. The van der Waals surface area contributed by atoms with Crippen molar-refractivity contribution in [2.24, 2.45) is 0 Å². The number of ether oxygens (including phenoxy) is 1. The molecule has 9 nitrogen and oxygen atoms in total. The minimum atomic E-state index is -0.240. The van der Waals surface area contributed by atoms with Crippen LogP contribution in [0.5, 0.6) is 0 Å². The fourth-order valence-corrected chi connectivity index (χ4v) is 4.69. The molecule has 0 atom stereocenters. The van der Waals surface area contributed by atoms with Gasteiger partial charge in [0.15, 0.2) is 0 Å². The SMILES string of the molecule is O=C(CN1Cc2ccc(-c3nc(NC4CCOCC4)ncc3Cl)cc2C1=O)NCc1ccc(CO)cc1. The smallest absolute Gasteiger partial charge is 0.254 e. The molecule has 3 heterocycles. The fraction of sp³-hybridized carbons (Fsp3) is 0.333. The molecule has 2 amide bonds. The van der Waals surface area contributed by atoms with E-state index < -0.39 is 0 Å². The maximum atomic E-state index is 13.1. The van der Waals surface area contributed by atoms with Gasteiger partial charge < -0.3 is 25.4 Å². The number of aliphatic hydroxyl groups excluding tert-OH is 1. The summed E-state index contributed by atoms with van der Waals surface area (Å²) in [7, 11) is 0. The molecule has 192 valence electrons. The van der Waals surface area contributed by atoms with Crippen molar-refractivity contribution >= 4 is 29.4 Å². The molecule has 3 aromatic rings. The van der Waals surface area contributed by atoms with Crippen molar-refractivity contribution in [2.45, 2.75) is 38.6 Å². The Morgan fingerprint density at radius 1 is 1.14 bits per heavy atom. The molecule has 37 heavy (non-hydrogen) atoms. The first kappa shape index (κ1) is 25.1. The maximum Gasteiger partial charge on any atom is 0.254 e. The number of aromatic nitrogens is 2. The van der Waals surface area contributed by atoms with Crippen LogP contribution in [0, 0.1) is 0 Å². The normalized spacial score (nSPS) is 15.5. The summed E-state index contributed by atoms with van der Waals surface area (Å²) in [6.07, 6.45) is 3.33. The van der Waals surface area contributed by atoms with Crippen LogP contribution in [-0.2, 0) is 29.2 Å². The van der Waals surface area contributed by atoms with Gasteiger partial charge in [0.1, 0.15) is 6.54 Å². The Balaban J connectivity index is 1.24. The first-order valence-electron chi connectivity index (χ1n) is 12.2. The van der Waals surface area contributed by atoms with Crippen LogP contribution in [0.2, 0.25) is 5.02 Å². The highest BCUT2D eigenvalue weighted by Crippen LogP contribution is 2.31. The average molecular weight is 522 g/mol. The van der Waals surface area contributed by atoms with Crippen molar-refractivity contribution in [1.82, 2.24) is 20.2 Å². The molecule has 3 N–H and O–H groups in total. The monoisotopic (exact) mass is 521 g/mol. The number of halogens is 1. The Hall–Kier alpha value is -3.53. The first-order chi connectivity index (χ1) is 18.0. The lowest BCUT2D eigenvalue weighted by Gasteiger charge is -2.23. The van der Waals surface area contributed by atoms with Gasteiger partial charge in [-0.2, -0.15) is 0 Å². The molecule has 1 aromatic heterocycles. The summed E-state index contributed by atoms with van der Waals surface area (Å²) >= 11 is 6.43. The lowest BCUT2D eigenvalue weighted by Crippen LogP contribution is -2.37. The second-order valence-corrected chi connectivity index (χ2v) is 9.61. The van der Waals surface area contributed by atoms with Crippen LogP contribution in [0.25, 0.3) is 11.3 Å². The number of hydrogen-bond donors (Lipinski definition) is 3. The van der Waals surface area contributed by atoms with Gasteiger partial charge in [-0.15, -0.1) is 0 Å². The number of carbonyl (C=O) groups is 2. The highest BCUT2D eigenvalue weighted by atomic mass is 35.5. The number of nitrogens with one attached hydrogen (secondary N) is 2. The zero-order valence-corrected chi connectivity index (χ0v) is 21.0. The molecule has 2 aliphatic heterocycles. The van der Waals surface area contributed by atoms with Crippen LogP contribution in [0.4, 0.5) is 5.95 Å². The number of benzene rings is 2. The number of nitrogens with zero attached hydrogens (tertiary/aromatic N) is 3. The summed E-state index contributed by atoms with van der Waals surface area (Å²) < 4.78 is 5.41. The van der Waals surface area contributed by atoms with Crippen molar-refractivity contribution in [3.8, 4) is 11.3 Å². The van der Waals surface area contributed by atoms with Crippen molar-refractivity contribution in [2.75, 3.05) is 25.1 Å². The third-order valence-electron chi connectivity index (χ3n) is 6.59. The lowest BCUT2D eigenvalue weighted by atomic mass is 10.0. The van der Waals surface area contributed by atoms with E-state index in [0.29, 0.717) is 54.1 Å². The van der Waals surface area contributed by atoms with E-state index in [2.05, 4.69) is 20.6 Å². The van der Waals surface area contributed by atoms with Gasteiger partial charge in [0.25, 0.3) is 5.91 Å². The summed E-state index contributed by atoms with van der Waals surface area (Å²) in [6, 6.07) is 13.1. The molecule has 5 rings (SSSR count). The predicted octanol–water partition coefficient (Wildman–Crippen LogP) is 3.15. The lowest BCUT2D eigenvalue weighted by molar-refractivity contribution is -0.122. The molecule has 0 aliphatic carbocycles. The van der Waals surface area contributed by atoms with E-state index in [1.807, 2.05) is 36.4 Å². The second-order valence-electron chi connectivity index (χ2n) is 9.21. The third-order valence-corrected chi connectivity index (χ3v) is 6.87. The standard InChI is InChI=1S/C27H28ClN5O4/c28-23-13-30-27(31-21-7-9-37-10-8-21)32-25(23)19-5-6-20-14-33(26(36)22(20)11-19)15-24(35)29-12-17-1-3-18(16-34)4-2-17/h1-6,11,13,21,34H,7-10,12,14-16H2,(H,29,35)(H,30,31,32). The van der Waals surface area contributed by atoms with Gasteiger partial charge in [-0.05, 0) is 35.6 Å². The Morgan fingerprint density at radius 2 is 1.89 bits per heavy atom. The molecule has 0 saturated carbocycles. The van der Waals surface area contributed by atoms with Crippen molar-refractivity contribution in [3.63, 3.8) is 0 Å². The van der Waals surface area contributed by atoms with Crippen molar-refractivity contribution in [1.29, 1.82) is 0 Å². The van der Waals surface area contributed by atoms with Crippen molar-refractivity contribution < 1.29 is 19.4 Å². The van der Waals surface area contributed by atoms with Crippen LogP contribution >= 0.6 is 11.6 Å². The Labute approximate surface area is 219 Å². The first-order valence-corrected chi connectivity index (χ1v) is 12.6. The molecule has 0 radical (unpaired) electrons.